The van der Waals surface area contributed by atoms with Gasteiger partial charge in [-0.1, -0.05) is 36.3 Å². The fourth-order valence-electron chi connectivity index (χ4n) is 3.63. The van der Waals surface area contributed by atoms with Crippen molar-refractivity contribution < 1.29 is 14.7 Å². The Morgan fingerprint density at radius 2 is 2.18 bits per heavy atom. The second-order valence-electron chi connectivity index (χ2n) is 7.19. The van der Waals surface area contributed by atoms with Gasteiger partial charge in [0.2, 0.25) is 0 Å². The van der Waals surface area contributed by atoms with E-state index in [1.807, 2.05) is 6.07 Å². The number of carboxylic acid groups (broad SMARTS) is 1. The zero-order valence-corrected chi connectivity index (χ0v) is 17.4. The monoisotopic (exact) mass is 400 g/mol. The van der Waals surface area contributed by atoms with Crippen molar-refractivity contribution in [2.45, 2.75) is 33.1 Å². The first-order valence-corrected chi connectivity index (χ1v) is 10.8. The summed E-state index contributed by atoms with van der Waals surface area (Å²) in [6.45, 7) is 6.90. The Morgan fingerprint density at radius 3 is 2.89 bits per heavy atom. The highest BCUT2D eigenvalue weighted by atomic mass is 32.1. The van der Waals surface area contributed by atoms with E-state index in [4.69, 9.17) is 4.84 Å². The van der Waals surface area contributed by atoms with Crippen molar-refractivity contribution in [2.24, 2.45) is 11.1 Å². The first-order valence-electron chi connectivity index (χ1n) is 9.88. The lowest BCUT2D eigenvalue weighted by molar-refractivity contribution is -0.143. The molecule has 150 valence electrons. The molecule has 0 bridgehead atoms. The molecule has 0 saturated carbocycles. The number of hydrogen-bond donors (Lipinski definition) is 1. The number of aryl methyl sites for hydroxylation is 2. The van der Waals surface area contributed by atoms with E-state index in [0.29, 0.717) is 19.7 Å². The Morgan fingerprint density at radius 1 is 1.36 bits per heavy atom. The van der Waals surface area contributed by atoms with Gasteiger partial charge < -0.3 is 9.94 Å². The molecule has 1 aromatic carbocycles. The van der Waals surface area contributed by atoms with Gasteiger partial charge in [0.15, 0.2) is 0 Å². The van der Waals surface area contributed by atoms with Crippen LogP contribution in [0.3, 0.4) is 0 Å². The molecule has 2 heterocycles. The van der Waals surface area contributed by atoms with Crippen molar-refractivity contribution in [2.75, 3.05) is 26.2 Å². The maximum absolute atomic E-state index is 11.2. The standard InChI is InChI=1S/C22H28N2O3S/c1-3-17-7-4-5-9-19(17)20(21-16(2)10-14-28-21)23-27-13-12-24-11-6-8-18(15-24)22(25)26/h4-5,7,9-10,14,18H,3,6,8,11-13,15H2,1-2H3,(H,25,26)/b23-20-/t18-/m1/s1. The molecule has 1 saturated heterocycles. The summed E-state index contributed by atoms with van der Waals surface area (Å²) < 4.78 is 0. The van der Waals surface area contributed by atoms with Crippen LogP contribution in [-0.2, 0) is 16.1 Å². The summed E-state index contributed by atoms with van der Waals surface area (Å²) >= 11 is 1.67. The minimum Gasteiger partial charge on any atom is -0.481 e. The topological polar surface area (TPSA) is 62.1 Å². The van der Waals surface area contributed by atoms with E-state index in [1.165, 1.54) is 11.1 Å². The first-order chi connectivity index (χ1) is 13.6. The summed E-state index contributed by atoms with van der Waals surface area (Å²) in [4.78, 5) is 20.2. The van der Waals surface area contributed by atoms with E-state index >= 15 is 0 Å². The quantitative estimate of drug-likeness (QED) is 0.410. The average molecular weight is 401 g/mol. The SMILES string of the molecule is CCc1ccccc1/C(=N/OCCN1CCC[C@@H](C(=O)O)C1)c1sccc1C. The predicted octanol–water partition coefficient (Wildman–Crippen LogP) is 4.18. The number of thiophene rings is 1. The lowest BCUT2D eigenvalue weighted by atomic mass is 9.98. The van der Waals surface area contributed by atoms with E-state index in [-0.39, 0.29) is 5.92 Å². The van der Waals surface area contributed by atoms with Crippen LogP contribution < -0.4 is 0 Å². The van der Waals surface area contributed by atoms with Crippen LogP contribution in [0.5, 0.6) is 0 Å². The highest BCUT2D eigenvalue weighted by molar-refractivity contribution is 7.12. The van der Waals surface area contributed by atoms with Crippen LogP contribution in [0.1, 0.15) is 41.3 Å². The van der Waals surface area contributed by atoms with Gasteiger partial charge in [0.05, 0.1) is 10.8 Å². The van der Waals surface area contributed by atoms with Gasteiger partial charge >= 0.3 is 5.97 Å². The van der Waals surface area contributed by atoms with Crippen LogP contribution in [0.4, 0.5) is 0 Å². The number of oxime groups is 1. The van der Waals surface area contributed by atoms with E-state index in [1.54, 1.807) is 11.3 Å². The summed E-state index contributed by atoms with van der Waals surface area (Å²) in [6.07, 6.45) is 2.62. The van der Waals surface area contributed by atoms with Gasteiger partial charge in [-0.15, -0.1) is 11.3 Å². The van der Waals surface area contributed by atoms with E-state index in [2.05, 4.69) is 53.5 Å². The molecule has 1 aromatic heterocycles. The molecule has 0 amide bonds. The maximum atomic E-state index is 11.2. The maximum Gasteiger partial charge on any atom is 0.307 e. The number of carboxylic acids is 1. The Labute approximate surface area is 170 Å². The number of nitrogens with zero attached hydrogens (tertiary/aromatic N) is 2. The number of benzene rings is 1. The zero-order valence-electron chi connectivity index (χ0n) is 16.6. The fraction of sp³-hybridized carbons (Fsp3) is 0.455. The van der Waals surface area contributed by atoms with Gasteiger partial charge in [-0.25, -0.2) is 0 Å². The van der Waals surface area contributed by atoms with Crippen molar-refractivity contribution >= 4 is 23.0 Å². The molecular formula is C22H28N2O3S. The third-order valence-corrected chi connectivity index (χ3v) is 6.26. The number of aliphatic carboxylic acids is 1. The largest absolute Gasteiger partial charge is 0.481 e. The normalized spacial score (nSPS) is 18.2. The molecule has 0 aliphatic carbocycles. The van der Waals surface area contributed by atoms with Crippen molar-refractivity contribution in [3.8, 4) is 0 Å². The molecule has 1 aliphatic rings. The Bertz CT molecular complexity index is 831. The molecule has 1 fully saturated rings. The molecule has 0 radical (unpaired) electrons. The highest BCUT2D eigenvalue weighted by Gasteiger charge is 2.25. The van der Waals surface area contributed by atoms with Gasteiger partial charge in [0.25, 0.3) is 0 Å². The molecule has 6 heteroatoms. The number of rotatable bonds is 8. The predicted molar refractivity (Wildman–Crippen MR) is 113 cm³/mol. The lowest BCUT2D eigenvalue weighted by Gasteiger charge is -2.29. The van der Waals surface area contributed by atoms with Gasteiger partial charge in [-0.2, -0.15) is 0 Å². The number of carbonyl (C=O) groups is 1. The molecule has 5 nitrogen and oxygen atoms in total. The number of hydrogen-bond acceptors (Lipinski definition) is 5. The van der Waals surface area contributed by atoms with Crippen LogP contribution >= 0.6 is 11.3 Å². The van der Waals surface area contributed by atoms with Crippen LogP contribution in [0, 0.1) is 12.8 Å². The molecule has 28 heavy (non-hydrogen) atoms. The van der Waals surface area contributed by atoms with Crippen LogP contribution in [-0.4, -0.2) is 47.9 Å². The summed E-state index contributed by atoms with van der Waals surface area (Å²) in [5, 5.41) is 15.8. The second-order valence-corrected chi connectivity index (χ2v) is 8.11. The minimum absolute atomic E-state index is 0.266. The summed E-state index contributed by atoms with van der Waals surface area (Å²) in [5.41, 5.74) is 4.43. The fourth-order valence-corrected chi connectivity index (χ4v) is 4.55. The Hall–Kier alpha value is -2.18. The van der Waals surface area contributed by atoms with Crippen molar-refractivity contribution in [3.05, 3.63) is 57.3 Å². The molecule has 2 aromatic rings. The van der Waals surface area contributed by atoms with E-state index in [9.17, 15) is 9.90 Å². The Kier molecular flexibility index (Phi) is 7.23. The van der Waals surface area contributed by atoms with Crippen molar-refractivity contribution in [1.29, 1.82) is 0 Å². The summed E-state index contributed by atoms with van der Waals surface area (Å²) in [7, 11) is 0. The average Bonchev–Trinajstić information content (AvgIpc) is 3.14. The second kappa shape index (κ2) is 9.85. The van der Waals surface area contributed by atoms with Gasteiger partial charge in [-0.05, 0) is 55.3 Å². The van der Waals surface area contributed by atoms with E-state index in [0.717, 1.165) is 42.0 Å². The molecule has 3 rings (SSSR count). The third-order valence-electron chi connectivity index (χ3n) is 5.24. The molecule has 1 atom stereocenters. The molecule has 1 N–H and O–H groups in total. The molecule has 1 aliphatic heterocycles. The third kappa shape index (κ3) is 5.00. The molecule has 0 spiro atoms. The molecular weight excluding hydrogens is 372 g/mol. The smallest absolute Gasteiger partial charge is 0.307 e. The summed E-state index contributed by atoms with van der Waals surface area (Å²) in [6, 6.07) is 10.4. The summed E-state index contributed by atoms with van der Waals surface area (Å²) in [5.74, 6) is -0.965. The van der Waals surface area contributed by atoms with Crippen molar-refractivity contribution in [1.82, 2.24) is 4.90 Å². The number of piperidine rings is 1. The zero-order chi connectivity index (χ0) is 19.9. The van der Waals surface area contributed by atoms with E-state index < -0.39 is 5.97 Å². The highest BCUT2D eigenvalue weighted by Crippen LogP contribution is 2.23. The van der Waals surface area contributed by atoms with Crippen LogP contribution in [0.15, 0.2) is 40.9 Å². The minimum atomic E-state index is -0.699. The number of likely N-dealkylation sites (tertiary alicyclic amines) is 1. The van der Waals surface area contributed by atoms with Gasteiger partial charge in [-0.3, -0.25) is 9.69 Å². The molecule has 0 unspecified atom stereocenters. The lowest BCUT2D eigenvalue weighted by Crippen LogP contribution is -2.40. The van der Waals surface area contributed by atoms with Gasteiger partial charge in [0.1, 0.15) is 12.3 Å². The van der Waals surface area contributed by atoms with Crippen molar-refractivity contribution in [3.63, 3.8) is 0 Å². The first kappa shape index (κ1) is 20.6. The van der Waals surface area contributed by atoms with Gasteiger partial charge in [0, 0.05) is 18.7 Å². The van der Waals surface area contributed by atoms with Crippen LogP contribution in [0.2, 0.25) is 0 Å². The Balaban J connectivity index is 1.70. The van der Waals surface area contributed by atoms with Crippen LogP contribution in [0.25, 0.3) is 0 Å².